The molecule has 4 rings (SSSR count). The Morgan fingerprint density at radius 1 is 0.816 bits per heavy atom. The first-order chi connectivity index (χ1) is 18.5. The van der Waals surface area contributed by atoms with Crippen LogP contribution < -0.4 is 15.4 Å². The number of ether oxygens (including phenoxy) is 2. The number of carbonyl (C=O) groups excluding carboxylic acids is 2. The molecule has 8 nitrogen and oxygen atoms in total. The van der Waals surface area contributed by atoms with Crippen molar-refractivity contribution in [1.82, 2.24) is 15.3 Å². The van der Waals surface area contributed by atoms with Gasteiger partial charge < -0.3 is 20.1 Å². The summed E-state index contributed by atoms with van der Waals surface area (Å²) in [5.41, 5.74) is 4.51. The average Bonchev–Trinajstić information content (AvgIpc) is 2.93. The molecule has 0 spiro atoms. The van der Waals surface area contributed by atoms with E-state index in [-0.39, 0.29) is 31.2 Å². The number of carbonyl (C=O) groups is 2. The second-order valence-electron chi connectivity index (χ2n) is 8.53. The summed E-state index contributed by atoms with van der Waals surface area (Å²) < 4.78 is 10.9. The zero-order valence-electron chi connectivity index (χ0n) is 21.4. The number of benzene rings is 3. The van der Waals surface area contributed by atoms with E-state index in [0.29, 0.717) is 17.9 Å². The standard InChI is InChI=1S/C30H30N4O4/c1-3-37-27(35)19-31-30(36)28-29(38-20-23-10-6-4-7-11-23)21(2)32-26(34-28)18-22-14-16-25(17-15-22)33-24-12-8-5-9-13-24/h4-17,33H,3,18-20H2,1-2H3,(H,31,36). The van der Waals surface area contributed by atoms with E-state index in [4.69, 9.17) is 9.47 Å². The molecular weight excluding hydrogens is 480 g/mol. The smallest absolute Gasteiger partial charge is 0.325 e. The molecule has 0 aliphatic heterocycles. The van der Waals surface area contributed by atoms with Crippen molar-refractivity contribution in [2.45, 2.75) is 26.9 Å². The highest BCUT2D eigenvalue weighted by atomic mass is 16.5. The van der Waals surface area contributed by atoms with Gasteiger partial charge in [0.05, 0.1) is 12.3 Å². The Kier molecular flexibility index (Phi) is 9.02. The molecule has 8 heteroatoms. The lowest BCUT2D eigenvalue weighted by Crippen LogP contribution is -2.32. The van der Waals surface area contributed by atoms with Crippen LogP contribution in [0.3, 0.4) is 0 Å². The van der Waals surface area contributed by atoms with Gasteiger partial charge in [-0.3, -0.25) is 9.59 Å². The number of anilines is 2. The van der Waals surface area contributed by atoms with E-state index in [1.54, 1.807) is 13.8 Å². The zero-order valence-corrected chi connectivity index (χ0v) is 21.4. The van der Waals surface area contributed by atoms with Crippen molar-refractivity contribution in [2.24, 2.45) is 0 Å². The largest absolute Gasteiger partial charge is 0.485 e. The Morgan fingerprint density at radius 3 is 2.16 bits per heavy atom. The molecule has 0 aliphatic carbocycles. The SMILES string of the molecule is CCOC(=O)CNC(=O)c1nc(Cc2ccc(Nc3ccccc3)cc2)nc(C)c1OCc1ccccc1. The fourth-order valence-electron chi connectivity index (χ4n) is 3.78. The van der Waals surface area contributed by atoms with E-state index >= 15 is 0 Å². The Hall–Kier alpha value is -4.72. The predicted molar refractivity (Wildman–Crippen MR) is 145 cm³/mol. The third-order valence-corrected chi connectivity index (χ3v) is 5.60. The van der Waals surface area contributed by atoms with Crippen LogP contribution in [0.15, 0.2) is 84.9 Å². The van der Waals surface area contributed by atoms with Gasteiger partial charge in [-0.15, -0.1) is 0 Å². The number of esters is 1. The topological polar surface area (TPSA) is 102 Å². The Morgan fingerprint density at radius 2 is 1.47 bits per heavy atom. The van der Waals surface area contributed by atoms with Gasteiger partial charge in [0.1, 0.15) is 19.0 Å². The second kappa shape index (κ2) is 13.0. The summed E-state index contributed by atoms with van der Waals surface area (Å²) in [5.74, 6) is -0.306. The number of hydrogen-bond donors (Lipinski definition) is 2. The lowest BCUT2D eigenvalue weighted by molar-refractivity contribution is -0.141. The lowest BCUT2D eigenvalue weighted by atomic mass is 10.1. The van der Waals surface area contributed by atoms with Gasteiger partial charge in [-0.2, -0.15) is 0 Å². The van der Waals surface area contributed by atoms with Gasteiger partial charge in [0, 0.05) is 17.8 Å². The number of aromatic nitrogens is 2. The number of nitrogens with zero attached hydrogens (tertiary/aromatic N) is 2. The molecule has 0 radical (unpaired) electrons. The van der Waals surface area contributed by atoms with Crippen LogP contribution in [0, 0.1) is 6.92 Å². The molecule has 0 bridgehead atoms. The summed E-state index contributed by atoms with van der Waals surface area (Å²) in [6.07, 6.45) is 0.420. The summed E-state index contributed by atoms with van der Waals surface area (Å²) in [6, 6.07) is 27.5. The molecule has 38 heavy (non-hydrogen) atoms. The van der Waals surface area contributed by atoms with Crippen LogP contribution in [0.1, 0.15) is 40.1 Å². The summed E-state index contributed by atoms with van der Waals surface area (Å²) in [7, 11) is 0. The van der Waals surface area contributed by atoms with Gasteiger partial charge in [-0.25, -0.2) is 9.97 Å². The minimum atomic E-state index is -0.532. The van der Waals surface area contributed by atoms with Crippen molar-refractivity contribution < 1.29 is 19.1 Å². The first-order valence-corrected chi connectivity index (χ1v) is 12.4. The molecule has 0 saturated carbocycles. The summed E-state index contributed by atoms with van der Waals surface area (Å²) in [5, 5.41) is 5.94. The summed E-state index contributed by atoms with van der Waals surface area (Å²) in [4.78, 5) is 34.0. The quantitative estimate of drug-likeness (QED) is 0.274. The summed E-state index contributed by atoms with van der Waals surface area (Å²) >= 11 is 0. The normalized spacial score (nSPS) is 10.5. The van der Waals surface area contributed by atoms with E-state index in [1.807, 2.05) is 84.9 Å². The van der Waals surface area contributed by atoms with E-state index < -0.39 is 11.9 Å². The van der Waals surface area contributed by atoms with Gasteiger partial charge >= 0.3 is 5.97 Å². The van der Waals surface area contributed by atoms with Crippen LogP contribution in [-0.2, 0) is 22.6 Å². The Labute approximate surface area is 222 Å². The highest BCUT2D eigenvalue weighted by Crippen LogP contribution is 2.24. The molecule has 0 atom stereocenters. The van der Waals surface area contributed by atoms with Crippen molar-refractivity contribution in [3.05, 3.63) is 113 Å². The van der Waals surface area contributed by atoms with Crippen LogP contribution in [0.4, 0.5) is 11.4 Å². The zero-order chi connectivity index (χ0) is 26.7. The molecule has 194 valence electrons. The molecule has 2 N–H and O–H groups in total. The van der Waals surface area contributed by atoms with Crippen LogP contribution >= 0.6 is 0 Å². The first kappa shape index (κ1) is 26.3. The van der Waals surface area contributed by atoms with Crippen molar-refractivity contribution in [3.8, 4) is 5.75 Å². The van der Waals surface area contributed by atoms with Crippen LogP contribution in [0.2, 0.25) is 0 Å². The molecule has 0 unspecified atom stereocenters. The first-order valence-electron chi connectivity index (χ1n) is 12.4. The van der Waals surface area contributed by atoms with E-state index in [2.05, 4.69) is 20.6 Å². The van der Waals surface area contributed by atoms with Gasteiger partial charge in [-0.05, 0) is 49.2 Å². The third-order valence-electron chi connectivity index (χ3n) is 5.60. The molecular formula is C30H30N4O4. The molecule has 1 heterocycles. The number of aryl methyl sites for hydroxylation is 1. The molecule has 1 amide bonds. The monoisotopic (exact) mass is 510 g/mol. The predicted octanol–water partition coefficient (Wildman–Crippen LogP) is 4.99. The third kappa shape index (κ3) is 7.39. The second-order valence-corrected chi connectivity index (χ2v) is 8.53. The van der Waals surface area contributed by atoms with Gasteiger partial charge in [0.15, 0.2) is 11.4 Å². The Bertz CT molecular complexity index is 1360. The van der Waals surface area contributed by atoms with Gasteiger partial charge in [0.2, 0.25) is 0 Å². The fraction of sp³-hybridized carbons (Fsp3) is 0.200. The molecule has 0 fully saturated rings. The molecule has 0 aliphatic rings. The van der Waals surface area contributed by atoms with Crippen molar-refractivity contribution in [2.75, 3.05) is 18.5 Å². The minimum absolute atomic E-state index is 0.0788. The Balaban J connectivity index is 1.53. The number of rotatable bonds is 11. The van der Waals surface area contributed by atoms with Gasteiger partial charge in [-0.1, -0.05) is 60.7 Å². The van der Waals surface area contributed by atoms with Crippen molar-refractivity contribution >= 4 is 23.3 Å². The van der Waals surface area contributed by atoms with Crippen LogP contribution in [0.25, 0.3) is 0 Å². The van der Waals surface area contributed by atoms with E-state index in [9.17, 15) is 9.59 Å². The number of hydrogen-bond acceptors (Lipinski definition) is 7. The number of amides is 1. The molecule has 4 aromatic rings. The molecule has 3 aromatic carbocycles. The molecule has 0 saturated heterocycles. The van der Waals surface area contributed by atoms with Crippen LogP contribution in [-0.4, -0.2) is 35.0 Å². The molecule has 1 aromatic heterocycles. The average molecular weight is 511 g/mol. The number of nitrogens with one attached hydrogen (secondary N) is 2. The fourth-order valence-corrected chi connectivity index (χ4v) is 3.78. The van der Waals surface area contributed by atoms with Crippen molar-refractivity contribution in [1.29, 1.82) is 0 Å². The van der Waals surface area contributed by atoms with Crippen LogP contribution in [0.5, 0.6) is 5.75 Å². The number of para-hydroxylation sites is 1. The van der Waals surface area contributed by atoms with Crippen molar-refractivity contribution in [3.63, 3.8) is 0 Å². The highest BCUT2D eigenvalue weighted by molar-refractivity contribution is 5.96. The maximum Gasteiger partial charge on any atom is 0.325 e. The van der Waals surface area contributed by atoms with Gasteiger partial charge in [0.25, 0.3) is 5.91 Å². The maximum atomic E-state index is 13.1. The van der Waals surface area contributed by atoms with E-state index in [1.165, 1.54) is 0 Å². The summed E-state index contributed by atoms with van der Waals surface area (Å²) in [6.45, 7) is 3.70. The lowest BCUT2D eigenvalue weighted by Gasteiger charge is -2.15. The highest BCUT2D eigenvalue weighted by Gasteiger charge is 2.21. The van der Waals surface area contributed by atoms with E-state index in [0.717, 1.165) is 22.5 Å². The minimum Gasteiger partial charge on any atom is -0.485 e. The maximum absolute atomic E-state index is 13.1.